The first-order valence-electron chi connectivity index (χ1n) is 9.83. The Bertz CT molecular complexity index is 627. The lowest BCUT2D eigenvalue weighted by atomic mass is 10.1. The van der Waals surface area contributed by atoms with Gasteiger partial charge in [0.15, 0.2) is 17.5 Å². The van der Waals surface area contributed by atoms with Crippen molar-refractivity contribution in [2.24, 2.45) is 4.99 Å². The molecular formula is C21H36N4O2. The fourth-order valence-electron chi connectivity index (χ4n) is 3.78. The van der Waals surface area contributed by atoms with Gasteiger partial charge in [-0.05, 0) is 50.1 Å². The Hall–Kier alpha value is -1.95. The van der Waals surface area contributed by atoms with Crippen LogP contribution in [0, 0.1) is 6.92 Å². The lowest BCUT2D eigenvalue weighted by molar-refractivity contribution is 0.248. The van der Waals surface area contributed by atoms with Gasteiger partial charge in [-0.3, -0.25) is 4.99 Å². The van der Waals surface area contributed by atoms with Crippen molar-refractivity contribution < 1.29 is 9.47 Å². The molecule has 6 heteroatoms. The van der Waals surface area contributed by atoms with Crippen LogP contribution in [-0.4, -0.2) is 70.3 Å². The summed E-state index contributed by atoms with van der Waals surface area (Å²) in [6.07, 6.45) is 5.42. The molecule has 0 saturated heterocycles. The molecule has 1 aliphatic rings. The summed E-state index contributed by atoms with van der Waals surface area (Å²) in [6.45, 7) is 4.78. The number of aliphatic imine (C=N–C) groups is 1. The minimum Gasteiger partial charge on any atom is -0.493 e. The zero-order valence-corrected chi connectivity index (χ0v) is 17.8. The molecule has 6 nitrogen and oxygen atoms in total. The summed E-state index contributed by atoms with van der Waals surface area (Å²) < 4.78 is 10.8. The number of ether oxygens (including phenoxy) is 2. The quantitative estimate of drug-likeness (QED) is 0.558. The number of hydrogen-bond donors (Lipinski definition) is 1. The third-order valence-electron chi connectivity index (χ3n) is 5.52. The summed E-state index contributed by atoms with van der Waals surface area (Å²) in [4.78, 5) is 9.06. The zero-order chi connectivity index (χ0) is 19.8. The molecule has 0 spiro atoms. The van der Waals surface area contributed by atoms with Gasteiger partial charge >= 0.3 is 0 Å². The van der Waals surface area contributed by atoms with Crippen molar-refractivity contribution in [1.82, 2.24) is 15.1 Å². The number of guanidine groups is 1. The molecule has 1 N–H and O–H groups in total. The lowest BCUT2D eigenvalue weighted by Crippen LogP contribution is -2.43. The Labute approximate surface area is 164 Å². The summed E-state index contributed by atoms with van der Waals surface area (Å²) in [7, 11) is 9.46. The Balaban J connectivity index is 1.91. The number of likely N-dealkylation sites (N-methyl/N-ethyl adjacent to an activating group) is 1. The lowest BCUT2D eigenvalue weighted by Gasteiger charge is -2.27. The van der Waals surface area contributed by atoms with E-state index in [9.17, 15) is 0 Å². The van der Waals surface area contributed by atoms with Gasteiger partial charge in [0.05, 0.1) is 14.2 Å². The van der Waals surface area contributed by atoms with E-state index in [1.54, 1.807) is 14.2 Å². The SMILES string of the molecule is CN=C(NCCN(C)C1CCCC1)N(C)Cc1cc(OC)c(OC)cc1C. The van der Waals surface area contributed by atoms with Crippen LogP contribution in [-0.2, 0) is 6.54 Å². The topological polar surface area (TPSA) is 49.3 Å². The van der Waals surface area contributed by atoms with Crippen LogP contribution in [0.1, 0.15) is 36.8 Å². The van der Waals surface area contributed by atoms with E-state index in [1.165, 1.54) is 36.8 Å². The van der Waals surface area contributed by atoms with Crippen LogP contribution < -0.4 is 14.8 Å². The van der Waals surface area contributed by atoms with Crippen LogP contribution in [0.2, 0.25) is 0 Å². The Kier molecular flexibility index (Phi) is 8.23. The molecule has 0 radical (unpaired) electrons. The fourth-order valence-corrected chi connectivity index (χ4v) is 3.78. The average Bonchev–Trinajstić information content (AvgIpc) is 3.21. The molecule has 152 valence electrons. The predicted molar refractivity (Wildman–Crippen MR) is 112 cm³/mol. The number of nitrogens with zero attached hydrogens (tertiary/aromatic N) is 3. The van der Waals surface area contributed by atoms with Crippen molar-refractivity contribution in [1.29, 1.82) is 0 Å². The van der Waals surface area contributed by atoms with E-state index in [2.05, 4.69) is 41.1 Å². The molecule has 2 rings (SSSR count). The first-order valence-corrected chi connectivity index (χ1v) is 9.83. The number of benzene rings is 1. The van der Waals surface area contributed by atoms with Crippen molar-refractivity contribution in [2.75, 3.05) is 48.5 Å². The standard InChI is InChI=1S/C21H36N4O2/c1-16-13-19(26-5)20(27-6)14-17(16)15-25(4)21(22-2)23-11-12-24(3)18-9-7-8-10-18/h13-14,18H,7-12,15H2,1-6H3,(H,22,23). The molecule has 0 bridgehead atoms. The van der Waals surface area contributed by atoms with Gasteiger partial charge < -0.3 is 24.6 Å². The highest BCUT2D eigenvalue weighted by molar-refractivity contribution is 5.79. The maximum absolute atomic E-state index is 5.45. The maximum atomic E-state index is 5.45. The third kappa shape index (κ3) is 5.76. The minimum absolute atomic E-state index is 0.751. The van der Waals surface area contributed by atoms with Gasteiger partial charge in [0.1, 0.15) is 0 Å². The molecule has 0 atom stereocenters. The van der Waals surface area contributed by atoms with Crippen LogP contribution >= 0.6 is 0 Å². The van der Waals surface area contributed by atoms with Gasteiger partial charge in [0.2, 0.25) is 0 Å². The number of methoxy groups -OCH3 is 2. The first-order chi connectivity index (χ1) is 13.0. The molecule has 1 saturated carbocycles. The molecule has 0 heterocycles. The van der Waals surface area contributed by atoms with Gasteiger partial charge in [0, 0.05) is 39.8 Å². The number of hydrogen-bond acceptors (Lipinski definition) is 4. The second-order valence-corrected chi connectivity index (χ2v) is 7.38. The van der Waals surface area contributed by atoms with Crippen molar-refractivity contribution in [3.05, 3.63) is 23.3 Å². The Morgan fingerprint density at radius 3 is 2.37 bits per heavy atom. The smallest absolute Gasteiger partial charge is 0.193 e. The first kappa shape index (κ1) is 21.4. The molecular weight excluding hydrogens is 340 g/mol. The van der Waals surface area contributed by atoms with E-state index in [1.807, 2.05) is 19.2 Å². The normalized spacial score (nSPS) is 15.3. The summed E-state index contributed by atoms with van der Waals surface area (Å²) in [5.74, 6) is 2.43. The van der Waals surface area contributed by atoms with Crippen LogP contribution in [0.25, 0.3) is 0 Å². The third-order valence-corrected chi connectivity index (χ3v) is 5.52. The predicted octanol–water partition coefficient (Wildman–Crippen LogP) is 2.89. The maximum Gasteiger partial charge on any atom is 0.193 e. The molecule has 0 unspecified atom stereocenters. The van der Waals surface area contributed by atoms with Crippen LogP contribution in [0.4, 0.5) is 0 Å². The van der Waals surface area contributed by atoms with E-state index >= 15 is 0 Å². The van der Waals surface area contributed by atoms with Gasteiger partial charge in [-0.2, -0.15) is 0 Å². The zero-order valence-electron chi connectivity index (χ0n) is 17.8. The van der Waals surface area contributed by atoms with E-state index in [4.69, 9.17) is 9.47 Å². The highest BCUT2D eigenvalue weighted by Crippen LogP contribution is 2.30. The number of nitrogens with one attached hydrogen (secondary N) is 1. The van der Waals surface area contributed by atoms with E-state index in [0.717, 1.165) is 43.1 Å². The van der Waals surface area contributed by atoms with E-state index < -0.39 is 0 Å². The highest BCUT2D eigenvalue weighted by atomic mass is 16.5. The number of rotatable bonds is 8. The van der Waals surface area contributed by atoms with Crippen LogP contribution in [0.15, 0.2) is 17.1 Å². The van der Waals surface area contributed by atoms with E-state index in [0.29, 0.717) is 0 Å². The summed E-state index contributed by atoms with van der Waals surface area (Å²) >= 11 is 0. The molecule has 27 heavy (non-hydrogen) atoms. The summed E-state index contributed by atoms with van der Waals surface area (Å²) in [5, 5.41) is 3.49. The van der Waals surface area contributed by atoms with Gasteiger partial charge in [-0.25, -0.2) is 0 Å². The average molecular weight is 377 g/mol. The molecule has 1 aliphatic carbocycles. The highest BCUT2D eigenvalue weighted by Gasteiger charge is 2.19. The monoisotopic (exact) mass is 376 g/mol. The van der Waals surface area contributed by atoms with Crippen LogP contribution in [0.5, 0.6) is 11.5 Å². The minimum atomic E-state index is 0.751. The van der Waals surface area contributed by atoms with Crippen molar-refractivity contribution in [2.45, 2.75) is 45.2 Å². The van der Waals surface area contributed by atoms with Crippen molar-refractivity contribution in [3.63, 3.8) is 0 Å². The number of aryl methyl sites for hydroxylation is 1. The summed E-state index contributed by atoms with van der Waals surface area (Å²) in [6, 6.07) is 4.82. The molecule has 0 aromatic heterocycles. The molecule has 1 fully saturated rings. The van der Waals surface area contributed by atoms with Gasteiger partial charge in [-0.15, -0.1) is 0 Å². The van der Waals surface area contributed by atoms with Crippen molar-refractivity contribution >= 4 is 5.96 Å². The largest absolute Gasteiger partial charge is 0.493 e. The molecule has 1 aromatic rings. The second-order valence-electron chi connectivity index (χ2n) is 7.38. The van der Waals surface area contributed by atoms with E-state index in [-0.39, 0.29) is 0 Å². The van der Waals surface area contributed by atoms with Gasteiger partial charge in [-0.1, -0.05) is 12.8 Å². The Morgan fingerprint density at radius 1 is 1.15 bits per heavy atom. The second kappa shape index (κ2) is 10.4. The molecule has 0 amide bonds. The van der Waals surface area contributed by atoms with Gasteiger partial charge in [0.25, 0.3) is 0 Å². The molecule has 1 aromatic carbocycles. The molecule has 0 aliphatic heterocycles. The van der Waals surface area contributed by atoms with Crippen LogP contribution in [0.3, 0.4) is 0 Å². The fraction of sp³-hybridized carbons (Fsp3) is 0.667. The summed E-state index contributed by atoms with van der Waals surface area (Å²) in [5.41, 5.74) is 2.37. The Morgan fingerprint density at radius 2 is 1.78 bits per heavy atom. The van der Waals surface area contributed by atoms with Crippen molar-refractivity contribution in [3.8, 4) is 11.5 Å².